The molecule has 8 rings (SSSR count). The van der Waals surface area contributed by atoms with E-state index in [0.717, 1.165) is 57.6 Å². The van der Waals surface area contributed by atoms with E-state index in [2.05, 4.69) is 77.4 Å². The molecule has 4 heteroatoms. The van der Waals surface area contributed by atoms with Crippen molar-refractivity contribution in [3.05, 3.63) is 84.9 Å². The van der Waals surface area contributed by atoms with Gasteiger partial charge in [0.15, 0.2) is 5.58 Å². The third kappa shape index (κ3) is 2.18. The second-order valence-corrected chi connectivity index (χ2v) is 9.49. The molecule has 34 heavy (non-hydrogen) atoms. The van der Waals surface area contributed by atoms with Gasteiger partial charge in [0, 0.05) is 43.9 Å². The van der Waals surface area contributed by atoms with Gasteiger partial charge in [0.2, 0.25) is 0 Å². The van der Waals surface area contributed by atoms with Crippen LogP contribution in [-0.4, -0.2) is 9.24 Å². The summed E-state index contributed by atoms with van der Waals surface area (Å²) in [6.07, 6.45) is 7.98. The minimum absolute atomic E-state index is 0.461. The number of furan rings is 1. The zero-order valence-electron chi connectivity index (χ0n) is 18.7. The number of rotatable bonds is 1. The number of hydrogen-bond donors (Lipinski definition) is 1. The van der Waals surface area contributed by atoms with Crippen LogP contribution >= 0.6 is 0 Å². The molecule has 3 aromatic heterocycles. The van der Waals surface area contributed by atoms with Crippen LogP contribution in [0.25, 0.3) is 65.6 Å². The normalized spacial score (nSPS) is 16.8. The molecular weight excluding hydrogens is 418 g/mol. The molecule has 0 saturated heterocycles. The average molecular weight is 442 g/mol. The van der Waals surface area contributed by atoms with Gasteiger partial charge in [0.1, 0.15) is 11.1 Å². The second kappa shape index (κ2) is 6.45. The fraction of sp³-hybridized carbons (Fsp3) is 0.133. The van der Waals surface area contributed by atoms with Crippen molar-refractivity contribution < 1.29 is 4.42 Å². The van der Waals surface area contributed by atoms with Crippen LogP contribution in [0, 0.1) is 0 Å². The maximum atomic E-state index is 6.94. The van der Waals surface area contributed by atoms with Crippen LogP contribution in [0.1, 0.15) is 25.3 Å². The summed E-state index contributed by atoms with van der Waals surface area (Å²) < 4.78 is 10.8. The predicted molar refractivity (Wildman–Crippen MR) is 142 cm³/mol. The summed E-state index contributed by atoms with van der Waals surface area (Å²) in [5.41, 5.74) is 6.30. The maximum absolute atomic E-state index is 6.94. The number of para-hydroxylation sites is 2. The van der Waals surface area contributed by atoms with E-state index in [1.165, 1.54) is 27.2 Å². The number of fused-ring (bicyclic) bond motifs is 11. The second-order valence-electron chi connectivity index (χ2n) is 9.49. The molecule has 7 aromatic rings. The van der Waals surface area contributed by atoms with Gasteiger partial charge in [-0.05, 0) is 43.5 Å². The maximum Gasteiger partial charge on any atom is 0.161 e. The lowest BCUT2D eigenvalue weighted by atomic mass is 10.0. The lowest BCUT2D eigenvalue weighted by molar-refractivity contribution is 0.485. The Hall–Kier alpha value is -4.18. The Morgan fingerprint density at radius 1 is 0.706 bits per heavy atom. The SMILES string of the molecule is Nn1c2c(ccc3c4ccccc4oc32)c2ccc3c(c4ccccc4n3[C@@H]3CC=CCC3)c21. The summed E-state index contributed by atoms with van der Waals surface area (Å²) in [7, 11) is 0. The fourth-order valence-corrected chi connectivity index (χ4v) is 6.29. The van der Waals surface area contributed by atoms with E-state index in [-0.39, 0.29) is 0 Å². The first kappa shape index (κ1) is 18.3. The molecule has 4 aromatic carbocycles. The van der Waals surface area contributed by atoms with E-state index >= 15 is 0 Å². The van der Waals surface area contributed by atoms with Crippen molar-refractivity contribution in [2.75, 3.05) is 5.84 Å². The Labute approximate surface area is 195 Å². The number of nitrogens with zero attached hydrogens (tertiary/aromatic N) is 2. The van der Waals surface area contributed by atoms with Crippen molar-refractivity contribution in [3.8, 4) is 0 Å². The highest BCUT2D eigenvalue weighted by atomic mass is 16.3. The Morgan fingerprint density at radius 2 is 1.47 bits per heavy atom. The monoisotopic (exact) mass is 441 g/mol. The third-order valence-electron chi connectivity index (χ3n) is 7.75. The lowest BCUT2D eigenvalue weighted by Gasteiger charge is -2.22. The molecular formula is C30H23N3O. The van der Waals surface area contributed by atoms with Crippen LogP contribution in [0.4, 0.5) is 0 Å². The van der Waals surface area contributed by atoms with Crippen molar-refractivity contribution in [1.29, 1.82) is 0 Å². The molecule has 0 bridgehead atoms. The number of nitrogens with two attached hydrogens (primary N) is 1. The van der Waals surface area contributed by atoms with Crippen LogP contribution in [0.3, 0.4) is 0 Å². The van der Waals surface area contributed by atoms with Crippen molar-refractivity contribution >= 4 is 65.6 Å². The topological polar surface area (TPSA) is 49.0 Å². The molecule has 0 amide bonds. The van der Waals surface area contributed by atoms with Crippen molar-refractivity contribution in [3.63, 3.8) is 0 Å². The Kier molecular flexibility index (Phi) is 3.46. The molecule has 0 fully saturated rings. The molecule has 1 atom stereocenters. The smallest absolute Gasteiger partial charge is 0.161 e. The Balaban J connectivity index is 1.57. The molecule has 1 aliphatic rings. The summed E-state index contributed by atoms with van der Waals surface area (Å²) >= 11 is 0. The van der Waals surface area contributed by atoms with E-state index in [9.17, 15) is 0 Å². The van der Waals surface area contributed by atoms with Crippen LogP contribution in [0.5, 0.6) is 0 Å². The van der Waals surface area contributed by atoms with Crippen LogP contribution < -0.4 is 5.84 Å². The van der Waals surface area contributed by atoms with Crippen LogP contribution in [0.15, 0.2) is 89.4 Å². The van der Waals surface area contributed by atoms with Crippen molar-refractivity contribution in [1.82, 2.24) is 9.24 Å². The molecule has 0 radical (unpaired) electrons. The molecule has 0 spiro atoms. The Morgan fingerprint density at radius 3 is 2.35 bits per heavy atom. The summed E-state index contributed by atoms with van der Waals surface area (Å²) in [5, 5.41) is 7.00. The van der Waals surface area contributed by atoms with E-state index in [4.69, 9.17) is 10.3 Å². The summed E-state index contributed by atoms with van der Waals surface area (Å²) in [6, 6.07) is 26.3. The first-order chi connectivity index (χ1) is 16.8. The number of allylic oxidation sites excluding steroid dienone is 2. The lowest BCUT2D eigenvalue weighted by Crippen LogP contribution is -2.10. The minimum atomic E-state index is 0.461. The summed E-state index contributed by atoms with van der Waals surface area (Å²) in [4.78, 5) is 0. The van der Waals surface area contributed by atoms with E-state index < -0.39 is 0 Å². The van der Waals surface area contributed by atoms with Crippen LogP contribution in [0.2, 0.25) is 0 Å². The van der Waals surface area contributed by atoms with Gasteiger partial charge in [-0.2, -0.15) is 0 Å². The predicted octanol–water partition coefficient (Wildman–Crippen LogP) is 7.80. The summed E-state index contributed by atoms with van der Waals surface area (Å²) in [5.74, 6) is 6.94. The third-order valence-corrected chi connectivity index (χ3v) is 7.75. The highest BCUT2D eigenvalue weighted by Crippen LogP contribution is 2.43. The van der Waals surface area contributed by atoms with Gasteiger partial charge in [0.05, 0.1) is 11.0 Å². The Bertz CT molecular complexity index is 1960. The molecule has 0 aliphatic heterocycles. The number of aromatic nitrogens is 2. The van der Waals surface area contributed by atoms with Gasteiger partial charge in [-0.1, -0.05) is 60.7 Å². The molecule has 0 unspecified atom stereocenters. The molecule has 4 nitrogen and oxygen atoms in total. The van der Waals surface area contributed by atoms with Gasteiger partial charge in [0.25, 0.3) is 0 Å². The van der Waals surface area contributed by atoms with E-state index in [0.29, 0.717) is 6.04 Å². The number of benzene rings is 4. The van der Waals surface area contributed by atoms with Crippen molar-refractivity contribution in [2.45, 2.75) is 25.3 Å². The molecule has 164 valence electrons. The quantitative estimate of drug-likeness (QED) is 0.209. The highest BCUT2D eigenvalue weighted by molar-refractivity contribution is 6.28. The van der Waals surface area contributed by atoms with Gasteiger partial charge in [-0.3, -0.25) is 4.68 Å². The van der Waals surface area contributed by atoms with Gasteiger partial charge < -0.3 is 14.8 Å². The van der Waals surface area contributed by atoms with Gasteiger partial charge in [-0.25, -0.2) is 0 Å². The number of nitrogen functional groups attached to an aromatic ring is 1. The average Bonchev–Trinajstić information content (AvgIpc) is 3.52. The molecule has 0 saturated carbocycles. The molecule has 2 N–H and O–H groups in total. The first-order valence-corrected chi connectivity index (χ1v) is 12.0. The minimum Gasteiger partial charge on any atom is -0.454 e. The zero-order chi connectivity index (χ0) is 22.4. The molecule has 3 heterocycles. The van der Waals surface area contributed by atoms with Gasteiger partial charge >= 0.3 is 0 Å². The highest BCUT2D eigenvalue weighted by Gasteiger charge is 2.24. The zero-order valence-corrected chi connectivity index (χ0v) is 18.7. The van der Waals surface area contributed by atoms with Gasteiger partial charge in [-0.15, -0.1) is 0 Å². The van der Waals surface area contributed by atoms with Crippen LogP contribution in [-0.2, 0) is 0 Å². The standard InChI is InChI=1S/C30H23N3O/c31-33-28-20(21-14-15-22-19-10-5-7-13-26(19)34-30(22)29(21)33)16-17-25-27(28)23-11-4-6-12-24(23)32(25)18-8-2-1-3-9-18/h1-2,4-7,10-18H,3,8-9,31H2/t18-/m1/s1. The largest absolute Gasteiger partial charge is 0.454 e. The summed E-state index contributed by atoms with van der Waals surface area (Å²) in [6.45, 7) is 0. The fourth-order valence-electron chi connectivity index (χ4n) is 6.29. The first-order valence-electron chi connectivity index (χ1n) is 12.0. The van der Waals surface area contributed by atoms with Crippen molar-refractivity contribution in [2.24, 2.45) is 0 Å². The number of hydrogen-bond acceptors (Lipinski definition) is 2. The van der Waals surface area contributed by atoms with E-state index in [1.54, 1.807) is 0 Å². The van der Waals surface area contributed by atoms with E-state index in [1.807, 2.05) is 16.8 Å². The molecule has 1 aliphatic carbocycles.